The van der Waals surface area contributed by atoms with Gasteiger partial charge in [-0.1, -0.05) is 18.2 Å². The van der Waals surface area contributed by atoms with Gasteiger partial charge in [-0.25, -0.2) is 0 Å². The molecule has 0 saturated carbocycles. The number of rotatable bonds is 4. The van der Waals surface area contributed by atoms with Crippen molar-refractivity contribution in [1.29, 1.82) is 0 Å². The molecule has 0 amide bonds. The zero-order chi connectivity index (χ0) is 13.1. The van der Waals surface area contributed by atoms with Crippen LogP contribution >= 0.6 is 0 Å². The molecule has 2 aromatic rings. The SMILES string of the molecule is Cc1cccc(C)c1OCc1ccc(C(=O)[O-])o1. The van der Waals surface area contributed by atoms with Crippen molar-refractivity contribution in [3.05, 3.63) is 53.0 Å². The first-order valence-electron chi connectivity index (χ1n) is 5.57. The van der Waals surface area contributed by atoms with Gasteiger partial charge >= 0.3 is 0 Å². The standard InChI is InChI=1S/C14H14O4/c1-9-4-3-5-10(2)13(9)17-8-11-6-7-12(18-11)14(15)16/h3-7H,8H2,1-2H3,(H,15,16)/p-1. The minimum absolute atomic E-state index is 0.185. The predicted molar refractivity (Wildman–Crippen MR) is 63.3 cm³/mol. The van der Waals surface area contributed by atoms with Crippen LogP contribution in [0.3, 0.4) is 0 Å². The third kappa shape index (κ3) is 2.53. The molecule has 0 aliphatic rings. The number of hydrogen-bond donors (Lipinski definition) is 0. The van der Waals surface area contributed by atoms with Crippen LogP contribution in [-0.4, -0.2) is 5.97 Å². The number of aromatic carboxylic acids is 1. The van der Waals surface area contributed by atoms with Crippen molar-refractivity contribution >= 4 is 5.97 Å². The first-order valence-corrected chi connectivity index (χ1v) is 5.57. The van der Waals surface area contributed by atoms with Gasteiger partial charge < -0.3 is 19.1 Å². The largest absolute Gasteiger partial charge is 0.542 e. The van der Waals surface area contributed by atoms with E-state index in [1.54, 1.807) is 6.07 Å². The van der Waals surface area contributed by atoms with E-state index in [-0.39, 0.29) is 12.4 Å². The summed E-state index contributed by atoms with van der Waals surface area (Å²) < 4.78 is 10.7. The molecule has 1 aromatic heterocycles. The third-order valence-corrected chi connectivity index (χ3v) is 2.63. The lowest BCUT2D eigenvalue weighted by Gasteiger charge is -2.10. The van der Waals surface area contributed by atoms with Crippen molar-refractivity contribution in [2.24, 2.45) is 0 Å². The number of carboxylic acids is 1. The van der Waals surface area contributed by atoms with Gasteiger partial charge in [0.25, 0.3) is 0 Å². The second-order valence-corrected chi connectivity index (χ2v) is 4.06. The summed E-state index contributed by atoms with van der Waals surface area (Å²) in [6.07, 6.45) is 0. The normalized spacial score (nSPS) is 10.3. The maximum atomic E-state index is 10.6. The van der Waals surface area contributed by atoms with Gasteiger partial charge in [0.05, 0.1) is 0 Å². The average molecular weight is 245 g/mol. The molecule has 0 saturated heterocycles. The summed E-state index contributed by atoms with van der Waals surface area (Å²) in [4.78, 5) is 10.6. The van der Waals surface area contributed by atoms with Gasteiger partial charge in [-0.3, -0.25) is 0 Å². The van der Waals surface area contributed by atoms with Crippen LogP contribution in [0.1, 0.15) is 27.4 Å². The molecule has 0 unspecified atom stereocenters. The van der Waals surface area contributed by atoms with Crippen molar-refractivity contribution in [2.75, 3.05) is 0 Å². The minimum atomic E-state index is -1.33. The van der Waals surface area contributed by atoms with E-state index >= 15 is 0 Å². The summed E-state index contributed by atoms with van der Waals surface area (Å²) in [5, 5.41) is 10.6. The Morgan fingerprint density at radius 1 is 1.22 bits per heavy atom. The maximum Gasteiger partial charge on any atom is 0.149 e. The molecule has 0 fully saturated rings. The van der Waals surface area contributed by atoms with Crippen molar-refractivity contribution in [3.63, 3.8) is 0 Å². The molecule has 1 heterocycles. The van der Waals surface area contributed by atoms with Crippen LogP contribution in [0.15, 0.2) is 34.7 Å². The van der Waals surface area contributed by atoms with Crippen molar-refractivity contribution in [1.82, 2.24) is 0 Å². The molecule has 0 spiro atoms. The van der Waals surface area contributed by atoms with Crippen LogP contribution in [0, 0.1) is 13.8 Å². The van der Waals surface area contributed by atoms with Gasteiger partial charge in [-0.05, 0) is 37.1 Å². The number of carbonyl (C=O) groups excluding carboxylic acids is 1. The zero-order valence-corrected chi connectivity index (χ0v) is 10.2. The predicted octanol–water partition coefficient (Wildman–Crippen LogP) is 1.84. The van der Waals surface area contributed by atoms with Crippen molar-refractivity contribution in [2.45, 2.75) is 20.5 Å². The van der Waals surface area contributed by atoms with Gasteiger partial charge in [0.2, 0.25) is 0 Å². The van der Waals surface area contributed by atoms with Crippen LogP contribution in [0.2, 0.25) is 0 Å². The lowest BCUT2D eigenvalue weighted by molar-refractivity contribution is -0.257. The highest BCUT2D eigenvalue weighted by Gasteiger charge is 2.06. The van der Waals surface area contributed by atoms with E-state index in [2.05, 4.69) is 0 Å². The molecule has 0 aliphatic carbocycles. The highest BCUT2D eigenvalue weighted by Crippen LogP contribution is 2.23. The van der Waals surface area contributed by atoms with Gasteiger partial charge in [-0.15, -0.1) is 0 Å². The first kappa shape index (κ1) is 12.2. The van der Waals surface area contributed by atoms with Gasteiger partial charge in [0, 0.05) is 0 Å². The van der Waals surface area contributed by atoms with E-state index in [1.807, 2.05) is 32.0 Å². The summed E-state index contributed by atoms with van der Waals surface area (Å²) in [7, 11) is 0. The van der Waals surface area contributed by atoms with Crippen LogP contribution in [0.4, 0.5) is 0 Å². The Balaban J connectivity index is 2.09. The first-order chi connectivity index (χ1) is 8.58. The Labute approximate surface area is 105 Å². The highest BCUT2D eigenvalue weighted by molar-refractivity contribution is 5.82. The lowest BCUT2D eigenvalue weighted by atomic mass is 10.1. The number of para-hydroxylation sites is 1. The van der Waals surface area contributed by atoms with E-state index in [0.717, 1.165) is 16.9 Å². The van der Waals surface area contributed by atoms with Crippen molar-refractivity contribution in [3.8, 4) is 5.75 Å². The number of benzene rings is 1. The van der Waals surface area contributed by atoms with Crippen molar-refractivity contribution < 1.29 is 19.1 Å². The van der Waals surface area contributed by atoms with Gasteiger partial charge in [0.15, 0.2) is 0 Å². The quantitative estimate of drug-likeness (QED) is 0.824. The summed E-state index contributed by atoms with van der Waals surface area (Å²) in [6.45, 7) is 4.10. The molecular weight excluding hydrogens is 232 g/mol. The monoisotopic (exact) mass is 245 g/mol. The summed E-state index contributed by atoms with van der Waals surface area (Å²) in [5.41, 5.74) is 2.06. The molecule has 4 nitrogen and oxygen atoms in total. The maximum absolute atomic E-state index is 10.6. The zero-order valence-electron chi connectivity index (χ0n) is 10.2. The number of furan rings is 1. The molecule has 1 aromatic carbocycles. The van der Waals surface area contributed by atoms with Crippen LogP contribution in [-0.2, 0) is 6.61 Å². The molecule has 0 aliphatic heterocycles. The van der Waals surface area contributed by atoms with Crippen LogP contribution < -0.4 is 9.84 Å². The van der Waals surface area contributed by atoms with E-state index in [0.29, 0.717) is 5.76 Å². The summed E-state index contributed by atoms with van der Waals surface area (Å²) in [6, 6.07) is 8.80. The van der Waals surface area contributed by atoms with E-state index in [9.17, 15) is 9.90 Å². The molecule has 4 heteroatoms. The Morgan fingerprint density at radius 2 is 1.89 bits per heavy atom. The lowest BCUT2D eigenvalue weighted by Crippen LogP contribution is -2.21. The fourth-order valence-electron chi connectivity index (χ4n) is 1.74. The van der Waals surface area contributed by atoms with E-state index in [4.69, 9.17) is 9.15 Å². The fourth-order valence-corrected chi connectivity index (χ4v) is 1.74. The number of carboxylic acid groups (broad SMARTS) is 1. The number of hydrogen-bond acceptors (Lipinski definition) is 4. The third-order valence-electron chi connectivity index (χ3n) is 2.63. The number of ether oxygens (including phenoxy) is 1. The Hall–Kier alpha value is -2.23. The molecule has 0 atom stereocenters. The fraction of sp³-hybridized carbons (Fsp3) is 0.214. The second-order valence-electron chi connectivity index (χ2n) is 4.06. The van der Waals surface area contributed by atoms with Crippen LogP contribution in [0.5, 0.6) is 5.75 Å². The molecule has 94 valence electrons. The average Bonchev–Trinajstić information content (AvgIpc) is 2.77. The van der Waals surface area contributed by atoms with Gasteiger partial charge in [0.1, 0.15) is 29.8 Å². The van der Waals surface area contributed by atoms with Crippen LogP contribution in [0.25, 0.3) is 0 Å². The summed E-state index contributed by atoms with van der Waals surface area (Å²) >= 11 is 0. The van der Waals surface area contributed by atoms with Gasteiger partial charge in [-0.2, -0.15) is 0 Å². The van der Waals surface area contributed by atoms with E-state index < -0.39 is 5.97 Å². The molecule has 0 radical (unpaired) electrons. The Kier molecular flexibility index (Phi) is 3.37. The smallest absolute Gasteiger partial charge is 0.149 e. The topological polar surface area (TPSA) is 62.5 Å². The molecule has 0 bridgehead atoms. The number of carbonyl (C=O) groups is 1. The Bertz CT molecular complexity index is 549. The summed E-state index contributed by atoms with van der Waals surface area (Å²) in [5.74, 6) is -0.260. The molecule has 2 rings (SSSR count). The van der Waals surface area contributed by atoms with E-state index in [1.165, 1.54) is 6.07 Å². The molecule has 0 N–H and O–H groups in total. The highest BCUT2D eigenvalue weighted by atomic mass is 16.5. The molecular formula is C14H13O4-. The number of aryl methyl sites for hydroxylation is 2. The molecule has 18 heavy (non-hydrogen) atoms. The minimum Gasteiger partial charge on any atom is -0.542 e. The Morgan fingerprint density at radius 3 is 2.44 bits per heavy atom. The second kappa shape index (κ2) is 4.96.